The first kappa shape index (κ1) is 19.5. The molecule has 0 spiro atoms. The van der Waals surface area contributed by atoms with E-state index in [0.29, 0.717) is 12.1 Å². The zero-order valence-electron chi connectivity index (χ0n) is 15.9. The predicted molar refractivity (Wildman–Crippen MR) is 106 cm³/mol. The van der Waals surface area contributed by atoms with E-state index in [-0.39, 0.29) is 30.7 Å². The van der Waals surface area contributed by atoms with Crippen LogP contribution in [-0.2, 0) is 11.3 Å². The number of carbonyl (C=O) groups is 2. The smallest absolute Gasteiger partial charge is 0.255 e. The van der Waals surface area contributed by atoms with E-state index in [1.54, 1.807) is 18.2 Å². The summed E-state index contributed by atoms with van der Waals surface area (Å²) in [5, 5.41) is 3.54. The standard InChI is InChI=1S/C22H22FN3O2/c1-3-26(14-21(27)24-13-16-8-10-17(23)11-9-16)22(28)19-12-15(2)25-20-7-5-4-6-18(19)20/h4-12H,3,13-14H2,1-2H3,(H,24,27). The molecular weight excluding hydrogens is 357 g/mol. The van der Waals surface area contributed by atoms with Crippen molar-refractivity contribution < 1.29 is 14.0 Å². The number of nitrogens with one attached hydrogen (secondary N) is 1. The van der Waals surface area contributed by atoms with Gasteiger partial charge in [0.05, 0.1) is 17.6 Å². The average Bonchev–Trinajstić information content (AvgIpc) is 2.70. The molecule has 1 aromatic heterocycles. The van der Waals surface area contributed by atoms with Crippen molar-refractivity contribution in [3.63, 3.8) is 0 Å². The Morgan fingerprint density at radius 1 is 1.11 bits per heavy atom. The number of aromatic nitrogens is 1. The van der Waals surface area contributed by atoms with Gasteiger partial charge < -0.3 is 10.2 Å². The molecule has 0 aliphatic heterocycles. The number of rotatable bonds is 6. The van der Waals surface area contributed by atoms with Gasteiger partial charge in [0, 0.05) is 24.2 Å². The van der Waals surface area contributed by atoms with E-state index in [0.717, 1.165) is 22.2 Å². The van der Waals surface area contributed by atoms with E-state index in [9.17, 15) is 14.0 Å². The molecule has 6 heteroatoms. The molecule has 5 nitrogen and oxygen atoms in total. The summed E-state index contributed by atoms with van der Waals surface area (Å²) in [6.45, 7) is 4.31. The van der Waals surface area contributed by atoms with Gasteiger partial charge in [0.1, 0.15) is 5.82 Å². The molecule has 1 N–H and O–H groups in total. The van der Waals surface area contributed by atoms with Crippen LogP contribution < -0.4 is 5.32 Å². The van der Waals surface area contributed by atoms with E-state index in [1.807, 2.05) is 38.1 Å². The minimum absolute atomic E-state index is 0.0494. The van der Waals surface area contributed by atoms with Gasteiger partial charge in [0.25, 0.3) is 5.91 Å². The number of carbonyl (C=O) groups excluding carboxylic acids is 2. The first-order valence-electron chi connectivity index (χ1n) is 9.14. The molecule has 0 radical (unpaired) electrons. The number of amides is 2. The van der Waals surface area contributed by atoms with Crippen LogP contribution in [0.3, 0.4) is 0 Å². The van der Waals surface area contributed by atoms with Crippen LogP contribution in [0.25, 0.3) is 10.9 Å². The summed E-state index contributed by atoms with van der Waals surface area (Å²) in [6, 6.07) is 15.1. The summed E-state index contributed by atoms with van der Waals surface area (Å²) in [5.74, 6) is -0.798. The Bertz CT molecular complexity index is 1000. The number of fused-ring (bicyclic) bond motifs is 1. The molecule has 0 aliphatic rings. The Morgan fingerprint density at radius 2 is 1.82 bits per heavy atom. The highest BCUT2D eigenvalue weighted by atomic mass is 19.1. The van der Waals surface area contributed by atoms with Crippen LogP contribution in [0.2, 0.25) is 0 Å². The Balaban J connectivity index is 1.71. The third-order valence-corrected chi connectivity index (χ3v) is 4.48. The molecule has 3 aromatic rings. The van der Waals surface area contributed by atoms with E-state index in [2.05, 4.69) is 10.3 Å². The van der Waals surface area contributed by atoms with Gasteiger partial charge in [-0.15, -0.1) is 0 Å². The molecule has 0 fully saturated rings. The summed E-state index contributed by atoms with van der Waals surface area (Å²) in [5.41, 5.74) is 2.83. The van der Waals surface area contributed by atoms with Crippen molar-refractivity contribution in [2.45, 2.75) is 20.4 Å². The van der Waals surface area contributed by atoms with Crippen LogP contribution in [0, 0.1) is 12.7 Å². The highest BCUT2D eigenvalue weighted by Crippen LogP contribution is 2.20. The number of nitrogens with zero attached hydrogens (tertiary/aromatic N) is 2. The maximum Gasteiger partial charge on any atom is 0.255 e. The lowest BCUT2D eigenvalue weighted by Crippen LogP contribution is -2.40. The normalized spacial score (nSPS) is 10.7. The number of para-hydroxylation sites is 1. The molecule has 144 valence electrons. The topological polar surface area (TPSA) is 62.3 Å². The fourth-order valence-electron chi connectivity index (χ4n) is 3.01. The van der Waals surface area contributed by atoms with Gasteiger partial charge in [-0.05, 0) is 43.7 Å². The number of benzene rings is 2. The lowest BCUT2D eigenvalue weighted by atomic mass is 10.1. The summed E-state index contributed by atoms with van der Waals surface area (Å²) in [6.07, 6.45) is 0. The molecule has 0 saturated heterocycles. The zero-order chi connectivity index (χ0) is 20.1. The van der Waals surface area contributed by atoms with E-state index < -0.39 is 0 Å². The van der Waals surface area contributed by atoms with Crippen molar-refractivity contribution in [1.82, 2.24) is 15.2 Å². The van der Waals surface area contributed by atoms with Gasteiger partial charge in [-0.2, -0.15) is 0 Å². The summed E-state index contributed by atoms with van der Waals surface area (Å²) in [7, 11) is 0. The second-order valence-electron chi connectivity index (χ2n) is 6.55. The SMILES string of the molecule is CCN(CC(=O)NCc1ccc(F)cc1)C(=O)c1cc(C)nc2ccccc12. The van der Waals surface area contributed by atoms with Crippen LogP contribution in [0.15, 0.2) is 54.6 Å². The lowest BCUT2D eigenvalue weighted by Gasteiger charge is -2.21. The number of likely N-dealkylation sites (N-methyl/N-ethyl adjacent to an activating group) is 1. The summed E-state index contributed by atoms with van der Waals surface area (Å²) >= 11 is 0. The minimum Gasteiger partial charge on any atom is -0.350 e. The number of hydrogen-bond donors (Lipinski definition) is 1. The Kier molecular flexibility index (Phi) is 5.99. The van der Waals surface area contributed by atoms with Crippen LogP contribution in [0.4, 0.5) is 4.39 Å². The first-order chi connectivity index (χ1) is 13.5. The van der Waals surface area contributed by atoms with Gasteiger partial charge in [0.15, 0.2) is 0 Å². The average molecular weight is 379 g/mol. The molecule has 0 saturated carbocycles. The maximum atomic E-state index is 13.1. The number of aryl methyl sites for hydroxylation is 1. The molecule has 0 atom stereocenters. The third kappa shape index (κ3) is 4.52. The Labute approximate surface area is 163 Å². The quantitative estimate of drug-likeness (QED) is 0.713. The van der Waals surface area contributed by atoms with Crippen molar-refractivity contribution in [3.05, 3.63) is 77.2 Å². The summed E-state index contributed by atoms with van der Waals surface area (Å²) < 4.78 is 13.0. The van der Waals surface area contributed by atoms with Crippen molar-refractivity contribution in [1.29, 1.82) is 0 Å². The van der Waals surface area contributed by atoms with Crippen molar-refractivity contribution in [2.75, 3.05) is 13.1 Å². The molecule has 2 amide bonds. The maximum absolute atomic E-state index is 13.1. The molecule has 0 aliphatic carbocycles. The highest BCUT2D eigenvalue weighted by molar-refractivity contribution is 6.07. The molecular formula is C22H22FN3O2. The Hall–Kier alpha value is -3.28. The fraction of sp³-hybridized carbons (Fsp3) is 0.227. The van der Waals surface area contributed by atoms with E-state index in [4.69, 9.17) is 0 Å². The van der Waals surface area contributed by atoms with Gasteiger partial charge in [0.2, 0.25) is 5.91 Å². The number of halogens is 1. The molecule has 0 unspecified atom stereocenters. The van der Waals surface area contributed by atoms with Crippen molar-refractivity contribution in [2.24, 2.45) is 0 Å². The minimum atomic E-state index is -0.322. The lowest BCUT2D eigenvalue weighted by molar-refractivity contribution is -0.121. The highest BCUT2D eigenvalue weighted by Gasteiger charge is 2.20. The molecule has 1 heterocycles. The van der Waals surface area contributed by atoms with Gasteiger partial charge >= 0.3 is 0 Å². The van der Waals surface area contributed by atoms with Crippen LogP contribution in [0.5, 0.6) is 0 Å². The predicted octanol–water partition coefficient (Wildman–Crippen LogP) is 3.46. The molecule has 0 bridgehead atoms. The Morgan fingerprint density at radius 3 is 2.54 bits per heavy atom. The fourth-order valence-corrected chi connectivity index (χ4v) is 3.01. The first-order valence-corrected chi connectivity index (χ1v) is 9.14. The monoisotopic (exact) mass is 379 g/mol. The second kappa shape index (κ2) is 8.61. The van der Waals surface area contributed by atoms with E-state index in [1.165, 1.54) is 17.0 Å². The third-order valence-electron chi connectivity index (χ3n) is 4.48. The van der Waals surface area contributed by atoms with Crippen LogP contribution >= 0.6 is 0 Å². The second-order valence-corrected chi connectivity index (χ2v) is 6.55. The van der Waals surface area contributed by atoms with Crippen LogP contribution in [-0.4, -0.2) is 34.8 Å². The van der Waals surface area contributed by atoms with E-state index >= 15 is 0 Å². The van der Waals surface area contributed by atoms with Gasteiger partial charge in [-0.25, -0.2) is 4.39 Å². The largest absolute Gasteiger partial charge is 0.350 e. The van der Waals surface area contributed by atoms with Gasteiger partial charge in [-0.3, -0.25) is 14.6 Å². The molecule has 3 rings (SSSR count). The zero-order valence-corrected chi connectivity index (χ0v) is 15.9. The van der Waals surface area contributed by atoms with Crippen LogP contribution in [0.1, 0.15) is 28.5 Å². The molecule has 2 aromatic carbocycles. The van der Waals surface area contributed by atoms with Crippen molar-refractivity contribution in [3.8, 4) is 0 Å². The molecule has 28 heavy (non-hydrogen) atoms. The number of pyridine rings is 1. The van der Waals surface area contributed by atoms with Gasteiger partial charge in [-0.1, -0.05) is 30.3 Å². The van der Waals surface area contributed by atoms with Crippen molar-refractivity contribution >= 4 is 22.7 Å². The number of hydrogen-bond acceptors (Lipinski definition) is 3. The summed E-state index contributed by atoms with van der Waals surface area (Å²) in [4.78, 5) is 31.4.